The van der Waals surface area contributed by atoms with Crippen molar-refractivity contribution in [2.24, 2.45) is 5.41 Å². The summed E-state index contributed by atoms with van der Waals surface area (Å²) in [5.74, 6) is -4.43. The highest BCUT2D eigenvalue weighted by Gasteiger charge is 2.56. The van der Waals surface area contributed by atoms with E-state index >= 15 is 0 Å². The Labute approximate surface area is 262 Å². The number of halogens is 5. The Morgan fingerprint density at radius 1 is 0.800 bits per heavy atom. The van der Waals surface area contributed by atoms with E-state index in [0.29, 0.717) is 31.6 Å². The molecule has 0 saturated heterocycles. The van der Waals surface area contributed by atoms with Gasteiger partial charge in [0.05, 0.1) is 12.0 Å². The zero-order valence-corrected chi connectivity index (χ0v) is 26.3. The molecule has 3 unspecified atom stereocenters. The van der Waals surface area contributed by atoms with Crippen LogP contribution in [-0.2, 0) is 10.2 Å². The van der Waals surface area contributed by atoms with E-state index in [0.717, 1.165) is 56.1 Å². The number of benzene rings is 2. The summed E-state index contributed by atoms with van der Waals surface area (Å²) in [5.41, 5.74) is 0.826. The molecule has 3 atom stereocenters. The third kappa shape index (κ3) is 9.72. The van der Waals surface area contributed by atoms with Crippen molar-refractivity contribution in [2.75, 3.05) is 6.61 Å². The minimum absolute atomic E-state index is 0.130. The van der Waals surface area contributed by atoms with Crippen LogP contribution in [0.2, 0.25) is 0 Å². The van der Waals surface area contributed by atoms with Gasteiger partial charge in [-0.1, -0.05) is 82.9 Å². The second-order valence-corrected chi connectivity index (χ2v) is 13.2. The van der Waals surface area contributed by atoms with Gasteiger partial charge < -0.3 is 20.1 Å². The maximum absolute atomic E-state index is 13.1. The summed E-state index contributed by atoms with van der Waals surface area (Å²) in [6, 6.07) is 12.5. The molecule has 1 aliphatic rings. The van der Waals surface area contributed by atoms with E-state index in [-0.39, 0.29) is 42.1 Å². The van der Waals surface area contributed by atoms with Crippen molar-refractivity contribution in [2.45, 2.75) is 127 Å². The number of aromatic hydroxyl groups is 2. The zero-order chi connectivity index (χ0) is 33.3. The van der Waals surface area contributed by atoms with Crippen molar-refractivity contribution in [3.05, 3.63) is 53.6 Å². The SMILES string of the molecule is CC(CCCCCCCCCC1c2ccc(O)cc2OCC1(C)c1ccc(O)cc1)(CCCCCC(F)(F)C(F)(F)F)C(=O)O. The number of carboxylic acids is 1. The van der Waals surface area contributed by atoms with E-state index in [1.54, 1.807) is 31.2 Å². The molecule has 0 amide bonds. The predicted molar refractivity (Wildman–Crippen MR) is 163 cm³/mol. The van der Waals surface area contributed by atoms with Gasteiger partial charge in [0.15, 0.2) is 0 Å². The second-order valence-electron chi connectivity index (χ2n) is 13.2. The molecule has 0 aromatic heterocycles. The Bertz CT molecular complexity index is 1230. The van der Waals surface area contributed by atoms with Crippen LogP contribution in [0.4, 0.5) is 22.0 Å². The lowest BCUT2D eigenvalue weighted by atomic mass is 9.66. The first-order valence-corrected chi connectivity index (χ1v) is 16.0. The van der Waals surface area contributed by atoms with Gasteiger partial charge in [0.2, 0.25) is 0 Å². The molecule has 0 spiro atoms. The lowest BCUT2D eigenvalue weighted by Crippen LogP contribution is -2.40. The fourth-order valence-electron chi connectivity index (χ4n) is 6.48. The predicted octanol–water partition coefficient (Wildman–Crippen LogP) is 10.3. The number of rotatable bonds is 18. The minimum Gasteiger partial charge on any atom is -0.508 e. The van der Waals surface area contributed by atoms with Gasteiger partial charge in [-0.2, -0.15) is 22.0 Å². The number of ether oxygens (including phenoxy) is 1. The number of hydrogen-bond acceptors (Lipinski definition) is 4. The number of carbonyl (C=O) groups is 1. The average Bonchev–Trinajstić information content (AvgIpc) is 2.96. The van der Waals surface area contributed by atoms with Gasteiger partial charge in [-0.15, -0.1) is 0 Å². The van der Waals surface area contributed by atoms with Crippen LogP contribution >= 0.6 is 0 Å². The number of fused-ring (bicyclic) bond motifs is 1. The molecule has 2 aromatic rings. The van der Waals surface area contributed by atoms with Gasteiger partial charge in [0.25, 0.3) is 0 Å². The molecule has 0 radical (unpaired) electrons. The molecule has 3 rings (SSSR count). The van der Waals surface area contributed by atoms with Crippen molar-refractivity contribution >= 4 is 5.97 Å². The molecule has 5 nitrogen and oxygen atoms in total. The molecule has 1 heterocycles. The number of aliphatic carboxylic acids is 1. The topological polar surface area (TPSA) is 87.0 Å². The summed E-state index contributed by atoms with van der Waals surface area (Å²) >= 11 is 0. The van der Waals surface area contributed by atoms with Crippen LogP contribution in [0.15, 0.2) is 42.5 Å². The summed E-state index contributed by atoms with van der Waals surface area (Å²) in [7, 11) is 0. The first-order chi connectivity index (χ1) is 21.1. The van der Waals surface area contributed by atoms with E-state index < -0.39 is 29.9 Å². The van der Waals surface area contributed by atoms with Crippen LogP contribution in [-0.4, -0.2) is 40.0 Å². The molecule has 10 heteroatoms. The number of phenols is 2. The van der Waals surface area contributed by atoms with E-state index in [1.807, 2.05) is 18.2 Å². The lowest BCUT2D eigenvalue weighted by molar-refractivity contribution is -0.284. The highest BCUT2D eigenvalue weighted by atomic mass is 19.4. The van der Waals surface area contributed by atoms with E-state index in [1.165, 1.54) is 0 Å². The van der Waals surface area contributed by atoms with Crippen molar-refractivity contribution < 1.29 is 46.8 Å². The van der Waals surface area contributed by atoms with Crippen LogP contribution in [0, 0.1) is 5.41 Å². The maximum Gasteiger partial charge on any atom is 0.453 e. The zero-order valence-electron chi connectivity index (χ0n) is 26.3. The number of phenolic OH excluding ortho intramolecular Hbond substituents is 2. The monoisotopic (exact) mass is 642 g/mol. The van der Waals surface area contributed by atoms with Gasteiger partial charge in [0, 0.05) is 23.8 Å². The Morgan fingerprint density at radius 3 is 1.89 bits per heavy atom. The molecular weight excluding hydrogens is 595 g/mol. The minimum atomic E-state index is -5.55. The fraction of sp³-hybridized carbons (Fsp3) is 0.629. The summed E-state index contributed by atoms with van der Waals surface area (Å²) in [6.07, 6.45) is 1.57. The van der Waals surface area contributed by atoms with Crippen LogP contribution in [0.1, 0.15) is 121 Å². The quantitative estimate of drug-likeness (QED) is 0.111. The van der Waals surface area contributed by atoms with Gasteiger partial charge in [0.1, 0.15) is 17.2 Å². The third-order valence-corrected chi connectivity index (χ3v) is 9.57. The molecule has 1 aliphatic heterocycles. The second kappa shape index (κ2) is 15.5. The molecule has 0 aliphatic carbocycles. The third-order valence-electron chi connectivity index (χ3n) is 9.57. The maximum atomic E-state index is 13.1. The van der Waals surface area contributed by atoms with Crippen molar-refractivity contribution in [3.8, 4) is 17.2 Å². The molecule has 0 saturated carbocycles. The highest BCUT2D eigenvalue weighted by Crippen LogP contribution is 2.50. The van der Waals surface area contributed by atoms with Gasteiger partial charge in [-0.25, -0.2) is 0 Å². The molecule has 45 heavy (non-hydrogen) atoms. The number of unbranched alkanes of at least 4 members (excludes halogenated alkanes) is 8. The molecule has 252 valence electrons. The molecular formula is C35H47F5O5. The van der Waals surface area contributed by atoms with E-state index in [9.17, 15) is 42.1 Å². The van der Waals surface area contributed by atoms with E-state index in [4.69, 9.17) is 4.74 Å². The van der Waals surface area contributed by atoms with Crippen molar-refractivity contribution in [1.82, 2.24) is 0 Å². The largest absolute Gasteiger partial charge is 0.508 e. The Morgan fingerprint density at radius 2 is 1.31 bits per heavy atom. The first-order valence-electron chi connectivity index (χ1n) is 16.0. The van der Waals surface area contributed by atoms with Crippen LogP contribution in [0.25, 0.3) is 0 Å². The standard InChI is InChI=1S/C35H47F5O5/c1-32(31(43)44,21-11-8-12-22-34(36,37)35(38,39)40)20-10-7-5-3-4-6-9-13-29-28-19-18-27(42)23-30(28)45-24-33(29,2)25-14-16-26(41)17-15-25/h14-19,23,29,41-42H,3-13,20-22,24H2,1-2H3,(H,43,44). The van der Waals surface area contributed by atoms with Gasteiger partial charge in [-0.05, 0) is 61.9 Å². The summed E-state index contributed by atoms with van der Waals surface area (Å²) in [6.45, 7) is 4.26. The first kappa shape index (κ1) is 36.4. The van der Waals surface area contributed by atoms with Gasteiger partial charge >= 0.3 is 18.1 Å². The Hall–Kier alpha value is -3.04. The van der Waals surface area contributed by atoms with Crippen LogP contribution < -0.4 is 4.74 Å². The number of carboxylic acid groups (broad SMARTS) is 1. The number of hydrogen-bond donors (Lipinski definition) is 3. The van der Waals surface area contributed by atoms with Crippen molar-refractivity contribution in [3.63, 3.8) is 0 Å². The summed E-state index contributed by atoms with van der Waals surface area (Å²) in [5, 5.41) is 29.5. The normalized spacial score (nSPS) is 19.8. The number of alkyl halides is 5. The Balaban J connectivity index is 1.39. The van der Waals surface area contributed by atoms with Crippen LogP contribution in [0.5, 0.6) is 17.2 Å². The van der Waals surface area contributed by atoms with Crippen molar-refractivity contribution in [1.29, 1.82) is 0 Å². The summed E-state index contributed by atoms with van der Waals surface area (Å²) in [4.78, 5) is 11.9. The average molecular weight is 643 g/mol. The molecule has 0 fully saturated rings. The lowest BCUT2D eigenvalue weighted by Gasteiger charge is -2.43. The smallest absolute Gasteiger partial charge is 0.453 e. The van der Waals surface area contributed by atoms with Crippen LogP contribution in [0.3, 0.4) is 0 Å². The fourth-order valence-corrected chi connectivity index (χ4v) is 6.48. The molecule has 0 bridgehead atoms. The molecule has 3 N–H and O–H groups in total. The van der Waals surface area contributed by atoms with Gasteiger partial charge in [-0.3, -0.25) is 4.79 Å². The Kier molecular flexibility index (Phi) is 12.5. The molecule has 2 aromatic carbocycles. The highest BCUT2D eigenvalue weighted by molar-refractivity contribution is 5.74. The van der Waals surface area contributed by atoms with E-state index in [2.05, 4.69) is 6.92 Å². The summed E-state index contributed by atoms with van der Waals surface area (Å²) < 4.78 is 69.2.